The highest BCUT2D eigenvalue weighted by Crippen LogP contribution is 2.22. The fourth-order valence-corrected chi connectivity index (χ4v) is 3.52. The number of nitrogens with one attached hydrogen (secondary N) is 1. The van der Waals surface area contributed by atoms with E-state index in [4.69, 9.17) is 28.9 Å². The molecule has 3 rings (SSSR count). The Bertz CT molecular complexity index is 888. The van der Waals surface area contributed by atoms with Crippen LogP contribution in [0.3, 0.4) is 0 Å². The summed E-state index contributed by atoms with van der Waals surface area (Å²) in [6.45, 7) is 4.63. The summed E-state index contributed by atoms with van der Waals surface area (Å²) in [6.07, 6.45) is 1.23. The zero-order valence-corrected chi connectivity index (χ0v) is 16.1. The second-order valence-electron chi connectivity index (χ2n) is 6.20. The zero-order valence-electron chi connectivity index (χ0n) is 14.6. The van der Waals surface area contributed by atoms with Gasteiger partial charge in [0.15, 0.2) is 5.11 Å². The minimum Gasteiger partial charge on any atom is -0.478 e. The number of anilines is 2. The molecule has 2 aromatic rings. The van der Waals surface area contributed by atoms with E-state index in [2.05, 4.69) is 15.2 Å². The number of benzene rings is 1. The Morgan fingerprint density at radius 2 is 2.00 bits per heavy atom. The van der Waals surface area contributed by atoms with Crippen LogP contribution in [0, 0.1) is 12.7 Å². The van der Waals surface area contributed by atoms with Crippen LogP contribution >= 0.6 is 23.8 Å². The van der Waals surface area contributed by atoms with E-state index in [9.17, 15) is 9.18 Å². The summed E-state index contributed by atoms with van der Waals surface area (Å²) >= 11 is 11.4. The molecule has 1 aliphatic heterocycles. The molecule has 0 unspecified atom stereocenters. The van der Waals surface area contributed by atoms with Gasteiger partial charge in [-0.3, -0.25) is 0 Å². The molecule has 0 aliphatic carbocycles. The van der Waals surface area contributed by atoms with Crippen LogP contribution in [0.1, 0.15) is 15.9 Å². The van der Waals surface area contributed by atoms with E-state index in [-0.39, 0.29) is 16.4 Å². The lowest BCUT2D eigenvalue weighted by molar-refractivity contribution is 0.0697. The van der Waals surface area contributed by atoms with Crippen molar-refractivity contribution in [2.45, 2.75) is 6.92 Å². The van der Waals surface area contributed by atoms with Crippen molar-refractivity contribution in [1.82, 2.24) is 9.88 Å². The highest BCUT2D eigenvalue weighted by molar-refractivity contribution is 7.80. The molecule has 1 aliphatic rings. The topological polar surface area (TPSA) is 68.7 Å². The largest absolute Gasteiger partial charge is 0.478 e. The number of carbonyl (C=O) groups is 1. The van der Waals surface area contributed by atoms with Gasteiger partial charge in [0.25, 0.3) is 0 Å². The third-order valence-corrected chi connectivity index (χ3v) is 5.01. The first-order valence-corrected chi connectivity index (χ1v) is 9.09. The van der Waals surface area contributed by atoms with Crippen LogP contribution in [0.2, 0.25) is 5.02 Å². The number of hydrogen-bond donors (Lipinski definition) is 2. The molecule has 1 fully saturated rings. The molecule has 0 amide bonds. The van der Waals surface area contributed by atoms with Crippen LogP contribution in [-0.2, 0) is 0 Å². The van der Waals surface area contributed by atoms with Crippen molar-refractivity contribution in [2.24, 2.45) is 0 Å². The van der Waals surface area contributed by atoms with Crippen molar-refractivity contribution < 1.29 is 14.3 Å². The number of aromatic carboxylic acids is 1. The quantitative estimate of drug-likeness (QED) is 0.754. The van der Waals surface area contributed by atoms with Gasteiger partial charge in [-0.1, -0.05) is 11.6 Å². The molecular weight excluding hydrogens is 391 g/mol. The molecule has 0 saturated carbocycles. The van der Waals surface area contributed by atoms with Crippen LogP contribution in [0.15, 0.2) is 30.5 Å². The molecule has 2 N–H and O–H groups in total. The van der Waals surface area contributed by atoms with Gasteiger partial charge in [0.2, 0.25) is 0 Å². The molecule has 0 bridgehead atoms. The normalized spacial score (nSPS) is 14.2. The fraction of sp³-hybridized carbons (Fsp3) is 0.278. The lowest BCUT2D eigenvalue weighted by atomic mass is 10.2. The van der Waals surface area contributed by atoms with E-state index in [1.807, 2.05) is 11.8 Å². The number of thiocarbonyl (C=S) groups is 1. The van der Waals surface area contributed by atoms with Crippen LogP contribution in [0.4, 0.5) is 15.9 Å². The van der Waals surface area contributed by atoms with Gasteiger partial charge in [0, 0.05) is 31.9 Å². The first-order chi connectivity index (χ1) is 12.8. The Morgan fingerprint density at radius 1 is 1.30 bits per heavy atom. The number of carboxylic acids is 1. The molecule has 9 heteroatoms. The number of piperazine rings is 1. The third-order valence-electron chi connectivity index (χ3n) is 4.33. The Labute approximate surface area is 166 Å². The number of aryl methyl sites for hydroxylation is 1. The van der Waals surface area contributed by atoms with Crippen molar-refractivity contribution in [3.8, 4) is 0 Å². The van der Waals surface area contributed by atoms with Crippen molar-refractivity contribution in [3.63, 3.8) is 0 Å². The molecule has 27 heavy (non-hydrogen) atoms. The zero-order chi connectivity index (χ0) is 19.6. The predicted molar refractivity (Wildman–Crippen MR) is 107 cm³/mol. The molecule has 1 aromatic heterocycles. The van der Waals surface area contributed by atoms with Gasteiger partial charge >= 0.3 is 5.97 Å². The SMILES string of the molecule is Cc1cc(F)cnc1N1CCN(C(=S)Nc2ccc(C(=O)O)c(Cl)c2)CC1. The van der Waals surface area contributed by atoms with Crippen molar-refractivity contribution in [2.75, 3.05) is 36.4 Å². The molecule has 142 valence electrons. The van der Waals surface area contributed by atoms with Gasteiger partial charge in [-0.25, -0.2) is 14.2 Å². The van der Waals surface area contributed by atoms with Crippen LogP contribution in [0.5, 0.6) is 0 Å². The van der Waals surface area contributed by atoms with Gasteiger partial charge in [-0.15, -0.1) is 0 Å². The van der Waals surface area contributed by atoms with Crippen LogP contribution in [0.25, 0.3) is 0 Å². The van der Waals surface area contributed by atoms with Gasteiger partial charge in [0.05, 0.1) is 16.8 Å². The fourth-order valence-electron chi connectivity index (χ4n) is 2.95. The Balaban J connectivity index is 1.60. The summed E-state index contributed by atoms with van der Waals surface area (Å²) in [5, 5.41) is 12.8. The Kier molecular flexibility index (Phi) is 5.76. The molecule has 1 aromatic carbocycles. The van der Waals surface area contributed by atoms with Gasteiger partial charge in [0.1, 0.15) is 11.6 Å². The standard InChI is InChI=1S/C18H18ClFN4O2S/c1-11-8-12(20)10-21-16(11)23-4-6-24(7-5-23)18(27)22-13-2-3-14(17(25)26)15(19)9-13/h2-3,8-10H,4-7H2,1H3,(H,22,27)(H,25,26). The second-order valence-corrected chi connectivity index (χ2v) is 6.99. The monoisotopic (exact) mass is 408 g/mol. The molecule has 0 atom stereocenters. The molecule has 0 spiro atoms. The van der Waals surface area contributed by atoms with E-state index in [1.165, 1.54) is 18.3 Å². The number of rotatable bonds is 3. The summed E-state index contributed by atoms with van der Waals surface area (Å²) in [7, 11) is 0. The molecule has 0 radical (unpaired) electrons. The Morgan fingerprint density at radius 3 is 2.59 bits per heavy atom. The molecule has 1 saturated heterocycles. The minimum atomic E-state index is -1.07. The van der Waals surface area contributed by atoms with Crippen molar-refractivity contribution >= 4 is 46.4 Å². The summed E-state index contributed by atoms with van der Waals surface area (Å²) in [6, 6.07) is 6.09. The van der Waals surface area contributed by atoms with Gasteiger partial charge < -0.3 is 20.2 Å². The van der Waals surface area contributed by atoms with Gasteiger partial charge in [-0.05, 0) is 49.0 Å². The highest BCUT2D eigenvalue weighted by Gasteiger charge is 2.21. The highest BCUT2D eigenvalue weighted by atomic mass is 35.5. The maximum Gasteiger partial charge on any atom is 0.337 e. The number of nitrogens with zero attached hydrogens (tertiary/aromatic N) is 3. The van der Waals surface area contributed by atoms with E-state index in [1.54, 1.807) is 12.1 Å². The van der Waals surface area contributed by atoms with Crippen molar-refractivity contribution in [3.05, 3.63) is 52.4 Å². The number of hydrogen-bond acceptors (Lipinski definition) is 4. The second kappa shape index (κ2) is 8.06. The molecule has 2 heterocycles. The third kappa shape index (κ3) is 4.45. The number of halogens is 2. The first-order valence-electron chi connectivity index (χ1n) is 8.31. The van der Waals surface area contributed by atoms with E-state index >= 15 is 0 Å². The summed E-state index contributed by atoms with van der Waals surface area (Å²) < 4.78 is 13.2. The smallest absolute Gasteiger partial charge is 0.337 e. The number of pyridine rings is 1. The van der Waals surface area contributed by atoms with Crippen LogP contribution in [-0.4, -0.2) is 52.3 Å². The van der Waals surface area contributed by atoms with Gasteiger partial charge in [-0.2, -0.15) is 0 Å². The van der Waals surface area contributed by atoms with Crippen molar-refractivity contribution in [1.29, 1.82) is 0 Å². The maximum absolute atomic E-state index is 13.2. The number of carboxylic acid groups (broad SMARTS) is 1. The molecular formula is C18H18ClFN4O2S. The lowest BCUT2D eigenvalue weighted by Crippen LogP contribution is -2.50. The van der Waals surface area contributed by atoms with E-state index < -0.39 is 5.97 Å². The predicted octanol–water partition coefficient (Wildman–Crippen LogP) is 3.40. The molecule has 6 nitrogen and oxygen atoms in total. The summed E-state index contributed by atoms with van der Waals surface area (Å²) in [5.74, 6) is -0.631. The summed E-state index contributed by atoms with van der Waals surface area (Å²) in [5.41, 5.74) is 1.48. The number of aromatic nitrogens is 1. The maximum atomic E-state index is 13.2. The lowest BCUT2D eigenvalue weighted by Gasteiger charge is -2.37. The Hall–Kier alpha value is -2.45. The van der Waals surface area contributed by atoms with E-state index in [0.717, 1.165) is 11.4 Å². The summed E-state index contributed by atoms with van der Waals surface area (Å²) in [4.78, 5) is 19.3. The van der Waals surface area contributed by atoms with E-state index in [0.29, 0.717) is 37.0 Å². The minimum absolute atomic E-state index is 0.0453. The van der Waals surface area contributed by atoms with Crippen LogP contribution < -0.4 is 10.2 Å². The average Bonchev–Trinajstić information content (AvgIpc) is 2.61. The average molecular weight is 409 g/mol. The first kappa shape index (κ1) is 19.3.